The summed E-state index contributed by atoms with van der Waals surface area (Å²) in [4.78, 5) is 12.0. The van der Waals surface area contributed by atoms with E-state index in [0.29, 0.717) is 12.8 Å². The van der Waals surface area contributed by atoms with Crippen LogP contribution in [-0.2, 0) is 9.53 Å². The second-order valence-electron chi connectivity index (χ2n) is 5.97. The standard InChI is InChI=1S/C13H23F3N2O2/c1-12(2,7-17)11(19)18-9-4-3-5-10(6-9)20-8-13(14,15)16/h9-10H,3-8,17H2,1-2H3,(H,18,19). The summed E-state index contributed by atoms with van der Waals surface area (Å²) < 4.78 is 41.2. The molecule has 2 unspecified atom stereocenters. The summed E-state index contributed by atoms with van der Waals surface area (Å²) in [7, 11) is 0. The zero-order valence-corrected chi connectivity index (χ0v) is 11.9. The Morgan fingerprint density at radius 1 is 1.35 bits per heavy atom. The molecule has 3 N–H and O–H groups in total. The van der Waals surface area contributed by atoms with E-state index in [1.807, 2.05) is 0 Å². The molecule has 1 amide bonds. The van der Waals surface area contributed by atoms with E-state index < -0.39 is 24.3 Å². The van der Waals surface area contributed by atoms with Gasteiger partial charge in [0.15, 0.2) is 0 Å². The molecule has 0 aromatic rings. The van der Waals surface area contributed by atoms with Gasteiger partial charge in [0, 0.05) is 12.6 Å². The van der Waals surface area contributed by atoms with Gasteiger partial charge in [0.05, 0.1) is 11.5 Å². The Labute approximate surface area is 117 Å². The van der Waals surface area contributed by atoms with Crippen molar-refractivity contribution < 1.29 is 22.7 Å². The number of carbonyl (C=O) groups is 1. The van der Waals surface area contributed by atoms with Crippen LogP contribution in [0.1, 0.15) is 39.5 Å². The number of amides is 1. The van der Waals surface area contributed by atoms with Crippen LogP contribution in [0.5, 0.6) is 0 Å². The Morgan fingerprint density at radius 2 is 2.00 bits per heavy atom. The van der Waals surface area contributed by atoms with Gasteiger partial charge in [-0.3, -0.25) is 4.79 Å². The smallest absolute Gasteiger partial charge is 0.369 e. The molecular formula is C13H23F3N2O2. The first-order valence-corrected chi connectivity index (χ1v) is 6.83. The number of rotatable bonds is 5. The monoisotopic (exact) mass is 296 g/mol. The van der Waals surface area contributed by atoms with Gasteiger partial charge in [-0.25, -0.2) is 0 Å². The van der Waals surface area contributed by atoms with Crippen LogP contribution in [0, 0.1) is 5.41 Å². The van der Waals surface area contributed by atoms with Crippen molar-refractivity contribution in [1.82, 2.24) is 5.32 Å². The highest BCUT2D eigenvalue weighted by molar-refractivity contribution is 5.82. The third kappa shape index (κ3) is 5.66. The number of carbonyl (C=O) groups excluding carboxylic acids is 1. The topological polar surface area (TPSA) is 64.4 Å². The van der Waals surface area contributed by atoms with E-state index in [-0.39, 0.29) is 18.5 Å². The highest BCUT2D eigenvalue weighted by Gasteiger charge is 2.33. The molecule has 7 heteroatoms. The van der Waals surface area contributed by atoms with Gasteiger partial charge < -0.3 is 15.8 Å². The third-order valence-corrected chi connectivity index (χ3v) is 3.57. The van der Waals surface area contributed by atoms with Crippen molar-refractivity contribution in [1.29, 1.82) is 0 Å². The van der Waals surface area contributed by atoms with Crippen LogP contribution in [-0.4, -0.2) is 37.4 Å². The lowest BCUT2D eigenvalue weighted by Crippen LogP contribution is -2.48. The van der Waals surface area contributed by atoms with Gasteiger partial charge >= 0.3 is 6.18 Å². The van der Waals surface area contributed by atoms with Crippen LogP contribution in [0.25, 0.3) is 0 Å². The van der Waals surface area contributed by atoms with E-state index >= 15 is 0 Å². The minimum Gasteiger partial charge on any atom is -0.369 e. The van der Waals surface area contributed by atoms with Crippen LogP contribution >= 0.6 is 0 Å². The van der Waals surface area contributed by atoms with E-state index in [0.717, 1.165) is 12.8 Å². The summed E-state index contributed by atoms with van der Waals surface area (Å²) in [5, 5.41) is 2.86. The number of halogens is 3. The van der Waals surface area contributed by atoms with Crippen molar-refractivity contribution in [3.8, 4) is 0 Å². The molecule has 0 aliphatic heterocycles. The maximum atomic E-state index is 12.1. The molecule has 20 heavy (non-hydrogen) atoms. The molecular weight excluding hydrogens is 273 g/mol. The lowest BCUT2D eigenvalue weighted by Gasteiger charge is -2.32. The van der Waals surface area contributed by atoms with E-state index in [4.69, 9.17) is 10.5 Å². The molecule has 1 aliphatic rings. The van der Waals surface area contributed by atoms with Crippen LogP contribution in [0.2, 0.25) is 0 Å². The van der Waals surface area contributed by atoms with Gasteiger partial charge in [-0.15, -0.1) is 0 Å². The largest absolute Gasteiger partial charge is 0.411 e. The van der Waals surface area contributed by atoms with Crippen LogP contribution in [0.3, 0.4) is 0 Å². The van der Waals surface area contributed by atoms with Gasteiger partial charge in [-0.2, -0.15) is 13.2 Å². The first kappa shape index (κ1) is 17.2. The Bertz CT molecular complexity index is 332. The fraction of sp³-hybridized carbons (Fsp3) is 0.923. The summed E-state index contributed by atoms with van der Waals surface area (Å²) in [6.07, 6.45) is -2.23. The SMILES string of the molecule is CC(C)(CN)C(=O)NC1CCCC(OCC(F)(F)F)C1. The number of hydrogen-bond donors (Lipinski definition) is 2. The second-order valence-corrected chi connectivity index (χ2v) is 5.97. The molecule has 0 aromatic heterocycles. The van der Waals surface area contributed by atoms with E-state index in [9.17, 15) is 18.0 Å². The van der Waals surface area contributed by atoms with Crippen LogP contribution < -0.4 is 11.1 Å². The zero-order valence-electron chi connectivity index (χ0n) is 11.9. The summed E-state index contributed by atoms with van der Waals surface area (Å²) in [6, 6.07) is -0.139. The summed E-state index contributed by atoms with van der Waals surface area (Å²) >= 11 is 0. The number of ether oxygens (including phenoxy) is 1. The van der Waals surface area contributed by atoms with Crippen molar-refractivity contribution in [2.45, 2.75) is 57.9 Å². The lowest BCUT2D eigenvalue weighted by atomic mass is 9.89. The van der Waals surface area contributed by atoms with Gasteiger partial charge in [0.1, 0.15) is 6.61 Å². The number of nitrogens with two attached hydrogens (primary N) is 1. The Morgan fingerprint density at radius 3 is 2.55 bits per heavy atom. The first-order valence-electron chi connectivity index (χ1n) is 6.83. The summed E-state index contributed by atoms with van der Waals surface area (Å²) in [5.41, 5.74) is 4.86. The third-order valence-electron chi connectivity index (χ3n) is 3.57. The Balaban J connectivity index is 2.43. The first-order chi connectivity index (χ1) is 9.14. The maximum Gasteiger partial charge on any atom is 0.411 e. The summed E-state index contributed by atoms with van der Waals surface area (Å²) in [5.74, 6) is -0.165. The molecule has 0 spiro atoms. The maximum absolute atomic E-state index is 12.1. The fourth-order valence-corrected chi connectivity index (χ4v) is 2.11. The van der Waals surface area contributed by atoms with Crippen molar-refractivity contribution >= 4 is 5.91 Å². The quantitative estimate of drug-likeness (QED) is 0.815. The number of hydrogen-bond acceptors (Lipinski definition) is 3. The lowest BCUT2D eigenvalue weighted by molar-refractivity contribution is -0.188. The Hall–Kier alpha value is -0.820. The highest BCUT2D eigenvalue weighted by atomic mass is 19.4. The molecule has 1 aliphatic carbocycles. The summed E-state index contributed by atoms with van der Waals surface area (Å²) in [6.45, 7) is 2.47. The molecule has 1 saturated carbocycles. The van der Waals surface area contributed by atoms with Crippen LogP contribution in [0.4, 0.5) is 13.2 Å². The predicted molar refractivity (Wildman–Crippen MR) is 69.0 cm³/mol. The highest BCUT2D eigenvalue weighted by Crippen LogP contribution is 2.25. The molecule has 0 saturated heterocycles. The minimum absolute atomic E-state index is 0.139. The van der Waals surface area contributed by atoms with Crippen LogP contribution in [0.15, 0.2) is 0 Å². The van der Waals surface area contributed by atoms with Gasteiger partial charge in [-0.05, 0) is 39.5 Å². The van der Waals surface area contributed by atoms with Crippen molar-refractivity contribution in [2.24, 2.45) is 11.1 Å². The van der Waals surface area contributed by atoms with E-state index in [2.05, 4.69) is 5.32 Å². The second kappa shape index (κ2) is 6.76. The van der Waals surface area contributed by atoms with E-state index in [1.165, 1.54) is 0 Å². The average Bonchev–Trinajstić information content (AvgIpc) is 2.36. The zero-order chi connectivity index (χ0) is 15.4. The molecule has 4 nitrogen and oxygen atoms in total. The van der Waals surface area contributed by atoms with Gasteiger partial charge in [0.2, 0.25) is 5.91 Å². The number of nitrogens with one attached hydrogen (secondary N) is 1. The normalized spacial score (nSPS) is 24.5. The number of alkyl halides is 3. The molecule has 0 bridgehead atoms. The van der Waals surface area contributed by atoms with E-state index in [1.54, 1.807) is 13.8 Å². The van der Waals surface area contributed by atoms with Crippen molar-refractivity contribution in [3.05, 3.63) is 0 Å². The van der Waals surface area contributed by atoms with Crippen molar-refractivity contribution in [2.75, 3.05) is 13.2 Å². The molecule has 2 atom stereocenters. The minimum atomic E-state index is -4.31. The average molecular weight is 296 g/mol. The Kier molecular flexibility index (Phi) is 5.82. The molecule has 0 heterocycles. The van der Waals surface area contributed by atoms with Gasteiger partial charge in [-0.1, -0.05) is 0 Å². The molecule has 118 valence electrons. The molecule has 0 radical (unpaired) electrons. The molecule has 1 rings (SSSR count). The fourth-order valence-electron chi connectivity index (χ4n) is 2.11. The molecule has 0 aromatic carbocycles. The van der Waals surface area contributed by atoms with Gasteiger partial charge in [0.25, 0.3) is 0 Å². The van der Waals surface area contributed by atoms with Crippen molar-refractivity contribution in [3.63, 3.8) is 0 Å². The molecule has 1 fully saturated rings. The predicted octanol–water partition coefficient (Wildman–Crippen LogP) is 1.98.